The first-order chi connectivity index (χ1) is 14.1. The lowest BCUT2D eigenvalue weighted by atomic mass is 10.1. The van der Waals surface area contributed by atoms with E-state index in [4.69, 9.17) is 9.47 Å². The van der Waals surface area contributed by atoms with Crippen molar-refractivity contribution in [1.29, 1.82) is 0 Å². The van der Waals surface area contributed by atoms with Crippen molar-refractivity contribution in [2.24, 2.45) is 5.92 Å². The Labute approximate surface area is 176 Å². The van der Waals surface area contributed by atoms with E-state index < -0.39 is 0 Å². The van der Waals surface area contributed by atoms with Crippen LogP contribution in [0.25, 0.3) is 0 Å². The maximum absolute atomic E-state index is 12.2. The maximum Gasteiger partial charge on any atom is 0.250 e. The van der Waals surface area contributed by atoms with Crippen LogP contribution in [0.1, 0.15) is 58.4 Å². The van der Waals surface area contributed by atoms with Gasteiger partial charge in [0, 0.05) is 6.54 Å². The minimum absolute atomic E-state index is 0.0153. The molecule has 1 aliphatic rings. The van der Waals surface area contributed by atoms with E-state index in [1.54, 1.807) is 0 Å². The number of unbranched alkanes of at least 4 members (excludes halogenated alkanes) is 3. The molecule has 1 fully saturated rings. The molecule has 1 unspecified atom stereocenters. The van der Waals surface area contributed by atoms with Gasteiger partial charge in [-0.25, -0.2) is 0 Å². The molecule has 1 heterocycles. The molecule has 0 aromatic heterocycles. The molecule has 1 aromatic carbocycles. The molecule has 1 aromatic rings. The van der Waals surface area contributed by atoms with Crippen molar-refractivity contribution < 1.29 is 14.3 Å². The molecule has 29 heavy (non-hydrogen) atoms. The zero-order valence-electron chi connectivity index (χ0n) is 18.4. The highest BCUT2D eigenvalue weighted by Gasteiger charge is 2.16. The third kappa shape index (κ3) is 8.90. The second-order valence-electron chi connectivity index (χ2n) is 7.86. The van der Waals surface area contributed by atoms with Gasteiger partial charge in [-0.05, 0) is 89.1 Å². The highest BCUT2D eigenvalue weighted by atomic mass is 16.5. The zero-order valence-corrected chi connectivity index (χ0v) is 18.4. The predicted molar refractivity (Wildman–Crippen MR) is 118 cm³/mol. The summed E-state index contributed by atoms with van der Waals surface area (Å²) in [7, 11) is 0. The first kappa shape index (κ1) is 23.3. The largest absolute Gasteiger partial charge is 0.498 e. The molecule has 0 spiro atoms. The van der Waals surface area contributed by atoms with E-state index in [0.29, 0.717) is 18.1 Å². The van der Waals surface area contributed by atoms with E-state index in [9.17, 15) is 4.79 Å². The highest BCUT2D eigenvalue weighted by molar-refractivity contribution is 5.93. The van der Waals surface area contributed by atoms with Crippen LogP contribution in [-0.4, -0.2) is 38.8 Å². The first-order valence-corrected chi connectivity index (χ1v) is 11.1. The number of carbonyl (C=O) groups excluding carboxylic acids is 1. The lowest BCUT2D eigenvalue weighted by molar-refractivity contribution is -0.117. The SMILES string of the molecule is CCc1ccc(OCCCCCCOC(C)=C(C)C(=O)NCC2CCNC2)cc1. The normalized spacial score (nSPS) is 17.0. The molecule has 0 bridgehead atoms. The van der Waals surface area contributed by atoms with Gasteiger partial charge < -0.3 is 20.1 Å². The van der Waals surface area contributed by atoms with E-state index >= 15 is 0 Å². The van der Waals surface area contributed by atoms with Crippen LogP contribution < -0.4 is 15.4 Å². The Balaban J connectivity index is 1.50. The monoisotopic (exact) mass is 402 g/mol. The fourth-order valence-electron chi connectivity index (χ4n) is 3.32. The molecular formula is C24H38N2O3. The number of allylic oxidation sites excluding steroid dienone is 1. The van der Waals surface area contributed by atoms with Crippen molar-refractivity contribution in [2.75, 3.05) is 32.8 Å². The van der Waals surface area contributed by atoms with E-state index in [0.717, 1.165) is 76.3 Å². The molecule has 1 saturated heterocycles. The summed E-state index contributed by atoms with van der Waals surface area (Å²) in [5.74, 6) is 2.21. The number of ether oxygens (including phenoxy) is 2. The molecule has 2 N–H and O–H groups in total. The summed E-state index contributed by atoms with van der Waals surface area (Å²) in [6, 6.07) is 8.34. The minimum atomic E-state index is -0.0153. The van der Waals surface area contributed by atoms with E-state index in [-0.39, 0.29) is 5.91 Å². The van der Waals surface area contributed by atoms with Gasteiger partial charge in [0.05, 0.1) is 18.8 Å². The summed E-state index contributed by atoms with van der Waals surface area (Å²) in [4.78, 5) is 12.2. The topological polar surface area (TPSA) is 59.6 Å². The highest BCUT2D eigenvalue weighted by Crippen LogP contribution is 2.14. The predicted octanol–water partition coefficient (Wildman–Crippen LogP) is 4.22. The molecule has 0 radical (unpaired) electrons. The Morgan fingerprint density at radius 2 is 1.83 bits per heavy atom. The molecule has 0 aliphatic carbocycles. The Kier molecular flexibility index (Phi) is 10.6. The minimum Gasteiger partial charge on any atom is -0.498 e. The number of hydrogen-bond acceptors (Lipinski definition) is 4. The van der Waals surface area contributed by atoms with Gasteiger partial charge >= 0.3 is 0 Å². The Hall–Kier alpha value is -2.01. The van der Waals surface area contributed by atoms with Crippen LogP contribution in [0.5, 0.6) is 5.75 Å². The number of hydrogen-bond donors (Lipinski definition) is 2. The first-order valence-electron chi connectivity index (χ1n) is 11.1. The quantitative estimate of drug-likeness (QED) is 0.295. The van der Waals surface area contributed by atoms with Gasteiger partial charge in [0.1, 0.15) is 11.5 Å². The average Bonchev–Trinajstić information content (AvgIpc) is 3.27. The number of rotatable bonds is 13. The van der Waals surface area contributed by atoms with E-state index in [1.165, 1.54) is 5.56 Å². The van der Waals surface area contributed by atoms with E-state index in [2.05, 4.69) is 29.7 Å². The fourth-order valence-corrected chi connectivity index (χ4v) is 3.32. The van der Waals surface area contributed by atoms with Crippen LogP contribution in [0.4, 0.5) is 0 Å². The molecule has 0 saturated carbocycles. The number of benzene rings is 1. The van der Waals surface area contributed by atoms with Crippen LogP contribution in [0, 0.1) is 5.92 Å². The molecule has 162 valence electrons. The van der Waals surface area contributed by atoms with Crippen LogP contribution in [-0.2, 0) is 16.0 Å². The van der Waals surface area contributed by atoms with Crippen molar-refractivity contribution >= 4 is 5.91 Å². The standard InChI is InChI=1S/C24H38N2O3/c1-4-21-9-11-23(12-10-21)29-16-8-6-5-7-15-28-20(3)19(2)24(27)26-18-22-13-14-25-17-22/h9-12,22,25H,4-8,13-18H2,1-3H3,(H,26,27). The molecule has 2 rings (SSSR count). The van der Waals surface area contributed by atoms with Gasteiger partial charge in [0.15, 0.2) is 0 Å². The van der Waals surface area contributed by atoms with Gasteiger partial charge in [-0.3, -0.25) is 4.79 Å². The number of aryl methyl sites for hydroxylation is 1. The van der Waals surface area contributed by atoms with Crippen molar-refractivity contribution in [2.45, 2.75) is 59.3 Å². The second-order valence-corrected chi connectivity index (χ2v) is 7.86. The van der Waals surface area contributed by atoms with Gasteiger partial charge in [-0.2, -0.15) is 0 Å². The third-order valence-corrected chi connectivity index (χ3v) is 5.54. The maximum atomic E-state index is 12.2. The number of amides is 1. The van der Waals surface area contributed by atoms with Crippen molar-refractivity contribution in [3.8, 4) is 5.75 Å². The van der Waals surface area contributed by atoms with E-state index in [1.807, 2.05) is 26.0 Å². The lowest BCUT2D eigenvalue weighted by Gasteiger charge is -2.13. The van der Waals surface area contributed by atoms with Gasteiger partial charge in [0.25, 0.3) is 0 Å². The molecule has 1 amide bonds. The van der Waals surface area contributed by atoms with Crippen LogP contribution in [0.2, 0.25) is 0 Å². The van der Waals surface area contributed by atoms with Gasteiger partial charge in [0.2, 0.25) is 5.91 Å². The summed E-state index contributed by atoms with van der Waals surface area (Å²) in [5, 5.41) is 6.34. The summed E-state index contributed by atoms with van der Waals surface area (Å²) in [6.07, 6.45) is 6.44. The van der Waals surface area contributed by atoms with Crippen molar-refractivity contribution in [3.63, 3.8) is 0 Å². The molecular weight excluding hydrogens is 364 g/mol. The molecule has 5 nitrogen and oxygen atoms in total. The summed E-state index contributed by atoms with van der Waals surface area (Å²) < 4.78 is 11.6. The lowest BCUT2D eigenvalue weighted by Crippen LogP contribution is -2.31. The Bertz CT molecular complexity index is 634. The molecule has 1 atom stereocenters. The van der Waals surface area contributed by atoms with Crippen LogP contribution in [0.15, 0.2) is 35.6 Å². The van der Waals surface area contributed by atoms with Crippen LogP contribution >= 0.6 is 0 Å². The molecule has 1 aliphatic heterocycles. The summed E-state index contributed by atoms with van der Waals surface area (Å²) >= 11 is 0. The van der Waals surface area contributed by atoms with Crippen molar-refractivity contribution in [3.05, 3.63) is 41.2 Å². The van der Waals surface area contributed by atoms with Gasteiger partial charge in [-0.1, -0.05) is 19.1 Å². The number of nitrogens with one attached hydrogen (secondary N) is 2. The molecule has 5 heteroatoms. The number of carbonyl (C=O) groups is 1. The second kappa shape index (κ2) is 13.3. The third-order valence-electron chi connectivity index (χ3n) is 5.54. The van der Waals surface area contributed by atoms with Gasteiger partial charge in [-0.15, -0.1) is 0 Å². The summed E-state index contributed by atoms with van der Waals surface area (Å²) in [5.41, 5.74) is 2.01. The van der Waals surface area contributed by atoms with Crippen LogP contribution in [0.3, 0.4) is 0 Å². The zero-order chi connectivity index (χ0) is 20.9. The Morgan fingerprint density at radius 3 is 2.48 bits per heavy atom. The Morgan fingerprint density at radius 1 is 1.10 bits per heavy atom. The van der Waals surface area contributed by atoms with Crippen molar-refractivity contribution in [1.82, 2.24) is 10.6 Å². The summed E-state index contributed by atoms with van der Waals surface area (Å²) in [6.45, 7) is 10.1. The fraction of sp³-hybridized carbons (Fsp3) is 0.625. The average molecular weight is 403 g/mol. The smallest absolute Gasteiger partial charge is 0.250 e.